The largest absolute Gasteiger partial charge is 0.379 e. The number of hydrogen-bond donors (Lipinski definition) is 1. The van der Waals surface area contributed by atoms with E-state index in [1.165, 1.54) is 6.42 Å². The summed E-state index contributed by atoms with van der Waals surface area (Å²) in [5.41, 5.74) is 1.00. The van der Waals surface area contributed by atoms with E-state index in [1.54, 1.807) is 0 Å². The lowest BCUT2D eigenvalue weighted by Gasteiger charge is -2.32. The third kappa shape index (κ3) is 3.70. The van der Waals surface area contributed by atoms with Gasteiger partial charge in [-0.3, -0.25) is 9.88 Å². The van der Waals surface area contributed by atoms with Crippen LogP contribution in [0.2, 0.25) is 0 Å². The summed E-state index contributed by atoms with van der Waals surface area (Å²) in [6, 6.07) is 0.636. The first-order valence-corrected chi connectivity index (χ1v) is 7.95. The molecule has 0 radical (unpaired) electrons. The summed E-state index contributed by atoms with van der Waals surface area (Å²) in [5.74, 6) is 1.01. The van der Waals surface area contributed by atoms with Gasteiger partial charge >= 0.3 is 0 Å². The number of anilines is 1. The van der Waals surface area contributed by atoms with Crippen LogP contribution in [0.15, 0.2) is 12.4 Å². The number of ether oxygens (including phenoxy) is 1. The van der Waals surface area contributed by atoms with Gasteiger partial charge in [-0.1, -0.05) is 6.92 Å². The van der Waals surface area contributed by atoms with Crippen molar-refractivity contribution in [2.24, 2.45) is 0 Å². The maximum absolute atomic E-state index is 5.43. The van der Waals surface area contributed by atoms with Gasteiger partial charge < -0.3 is 15.0 Å². The van der Waals surface area contributed by atoms with Gasteiger partial charge in [0.05, 0.1) is 31.3 Å². The van der Waals surface area contributed by atoms with E-state index in [9.17, 15) is 0 Å². The van der Waals surface area contributed by atoms with Gasteiger partial charge in [0.15, 0.2) is 0 Å². The van der Waals surface area contributed by atoms with E-state index in [0.29, 0.717) is 6.04 Å². The van der Waals surface area contributed by atoms with E-state index in [0.717, 1.165) is 64.0 Å². The molecule has 0 bridgehead atoms. The van der Waals surface area contributed by atoms with Crippen molar-refractivity contribution in [3.63, 3.8) is 0 Å². The number of nitrogens with one attached hydrogen (secondary N) is 1. The molecule has 116 valence electrons. The van der Waals surface area contributed by atoms with Crippen LogP contribution in [0.25, 0.3) is 0 Å². The molecule has 0 saturated carbocycles. The van der Waals surface area contributed by atoms with Crippen molar-refractivity contribution >= 4 is 5.82 Å². The molecule has 0 spiro atoms. The lowest BCUT2D eigenvalue weighted by Crippen LogP contribution is -2.44. The van der Waals surface area contributed by atoms with Gasteiger partial charge in [0, 0.05) is 38.8 Å². The van der Waals surface area contributed by atoms with Crippen molar-refractivity contribution in [3.05, 3.63) is 18.1 Å². The predicted octanol–water partition coefficient (Wildman–Crippen LogP) is 0.497. The van der Waals surface area contributed by atoms with Gasteiger partial charge in [-0.2, -0.15) is 0 Å². The summed E-state index contributed by atoms with van der Waals surface area (Å²) in [7, 11) is 0. The molecule has 0 aliphatic carbocycles. The van der Waals surface area contributed by atoms with Crippen LogP contribution in [-0.4, -0.2) is 66.8 Å². The first-order valence-electron chi connectivity index (χ1n) is 7.95. The van der Waals surface area contributed by atoms with E-state index < -0.39 is 0 Å². The number of rotatable bonds is 5. The average Bonchev–Trinajstić information content (AvgIpc) is 3.04. The summed E-state index contributed by atoms with van der Waals surface area (Å²) in [6.45, 7) is 9.84. The zero-order valence-electron chi connectivity index (χ0n) is 12.8. The Morgan fingerprint density at radius 2 is 2.10 bits per heavy atom. The summed E-state index contributed by atoms with van der Waals surface area (Å²) < 4.78 is 5.43. The molecule has 2 fully saturated rings. The Kier molecular flexibility index (Phi) is 5.00. The number of aromatic nitrogens is 2. The molecule has 6 heteroatoms. The predicted molar refractivity (Wildman–Crippen MR) is 82.4 cm³/mol. The van der Waals surface area contributed by atoms with Gasteiger partial charge in [0.2, 0.25) is 0 Å². The maximum Gasteiger partial charge on any atom is 0.147 e. The SMILES string of the molecule is CCNCc1cnc(N2CCC(N3CCOCC3)C2)cn1. The Bertz CT molecular complexity index is 432. The summed E-state index contributed by atoms with van der Waals surface area (Å²) in [4.78, 5) is 14.0. The minimum atomic E-state index is 0.636. The standard InChI is InChI=1S/C15H25N5O/c1-2-16-9-13-10-18-15(11-17-13)20-4-3-14(12-20)19-5-7-21-8-6-19/h10-11,14,16H,2-9,12H2,1H3. The Morgan fingerprint density at radius 3 is 2.81 bits per heavy atom. The molecular formula is C15H25N5O. The fraction of sp³-hybridized carbons (Fsp3) is 0.733. The van der Waals surface area contributed by atoms with E-state index in [1.807, 2.05) is 12.4 Å². The zero-order chi connectivity index (χ0) is 14.5. The van der Waals surface area contributed by atoms with Crippen LogP contribution in [0.3, 0.4) is 0 Å². The van der Waals surface area contributed by atoms with Gasteiger partial charge in [-0.15, -0.1) is 0 Å². The Labute approximate surface area is 126 Å². The second-order valence-corrected chi connectivity index (χ2v) is 5.68. The minimum Gasteiger partial charge on any atom is -0.379 e. The normalized spacial score (nSPS) is 23.7. The van der Waals surface area contributed by atoms with Crippen LogP contribution in [0.1, 0.15) is 19.0 Å². The van der Waals surface area contributed by atoms with Crippen LogP contribution in [0.4, 0.5) is 5.82 Å². The van der Waals surface area contributed by atoms with Crippen molar-refractivity contribution in [2.45, 2.75) is 25.9 Å². The highest BCUT2D eigenvalue weighted by atomic mass is 16.5. The highest BCUT2D eigenvalue weighted by Gasteiger charge is 2.29. The lowest BCUT2D eigenvalue weighted by atomic mass is 10.2. The quantitative estimate of drug-likeness (QED) is 0.852. The van der Waals surface area contributed by atoms with E-state index in [-0.39, 0.29) is 0 Å². The van der Waals surface area contributed by atoms with Gasteiger partial charge in [-0.05, 0) is 13.0 Å². The van der Waals surface area contributed by atoms with Crippen molar-refractivity contribution < 1.29 is 4.74 Å². The third-order valence-corrected chi connectivity index (χ3v) is 4.30. The molecule has 6 nitrogen and oxygen atoms in total. The Morgan fingerprint density at radius 1 is 1.24 bits per heavy atom. The number of morpholine rings is 1. The molecular weight excluding hydrogens is 266 g/mol. The molecule has 0 amide bonds. The number of hydrogen-bond acceptors (Lipinski definition) is 6. The van der Waals surface area contributed by atoms with E-state index in [4.69, 9.17) is 4.74 Å². The number of nitrogens with zero attached hydrogens (tertiary/aromatic N) is 4. The highest BCUT2D eigenvalue weighted by molar-refractivity contribution is 5.37. The fourth-order valence-electron chi connectivity index (χ4n) is 3.05. The lowest BCUT2D eigenvalue weighted by molar-refractivity contribution is 0.0209. The summed E-state index contributed by atoms with van der Waals surface area (Å²) in [6.07, 6.45) is 5.01. The molecule has 1 aromatic rings. The molecule has 1 aromatic heterocycles. The molecule has 2 aliphatic rings. The monoisotopic (exact) mass is 291 g/mol. The van der Waals surface area contributed by atoms with E-state index in [2.05, 4.69) is 32.0 Å². The molecule has 1 N–H and O–H groups in total. The van der Waals surface area contributed by atoms with Crippen LogP contribution < -0.4 is 10.2 Å². The highest BCUT2D eigenvalue weighted by Crippen LogP contribution is 2.21. The van der Waals surface area contributed by atoms with Crippen molar-refractivity contribution in [2.75, 3.05) is 50.8 Å². The molecule has 2 saturated heterocycles. The molecule has 2 aliphatic heterocycles. The molecule has 1 atom stereocenters. The smallest absolute Gasteiger partial charge is 0.147 e. The topological polar surface area (TPSA) is 53.5 Å². The molecule has 21 heavy (non-hydrogen) atoms. The van der Waals surface area contributed by atoms with Crippen LogP contribution in [-0.2, 0) is 11.3 Å². The van der Waals surface area contributed by atoms with Gasteiger partial charge in [0.1, 0.15) is 5.82 Å². The molecule has 3 heterocycles. The van der Waals surface area contributed by atoms with Crippen LogP contribution >= 0.6 is 0 Å². The Balaban J connectivity index is 1.55. The van der Waals surface area contributed by atoms with Crippen molar-refractivity contribution in [1.29, 1.82) is 0 Å². The van der Waals surface area contributed by atoms with Crippen molar-refractivity contribution in [3.8, 4) is 0 Å². The first-order chi connectivity index (χ1) is 10.4. The van der Waals surface area contributed by atoms with Crippen molar-refractivity contribution in [1.82, 2.24) is 20.2 Å². The molecule has 0 aromatic carbocycles. The first kappa shape index (κ1) is 14.7. The van der Waals surface area contributed by atoms with Gasteiger partial charge in [-0.25, -0.2) is 4.98 Å². The third-order valence-electron chi connectivity index (χ3n) is 4.30. The minimum absolute atomic E-state index is 0.636. The zero-order valence-corrected chi connectivity index (χ0v) is 12.8. The van der Waals surface area contributed by atoms with E-state index >= 15 is 0 Å². The Hall–Kier alpha value is -1.24. The van der Waals surface area contributed by atoms with Crippen LogP contribution in [0.5, 0.6) is 0 Å². The second kappa shape index (κ2) is 7.15. The average molecular weight is 291 g/mol. The fourth-order valence-corrected chi connectivity index (χ4v) is 3.05. The van der Waals surface area contributed by atoms with Gasteiger partial charge in [0.25, 0.3) is 0 Å². The second-order valence-electron chi connectivity index (χ2n) is 5.68. The molecule has 1 unspecified atom stereocenters. The maximum atomic E-state index is 5.43. The van der Waals surface area contributed by atoms with Crippen LogP contribution in [0, 0.1) is 0 Å². The summed E-state index contributed by atoms with van der Waals surface area (Å²) in [5, 5.41) is 3.27. The molecule has 3 rings (SSSR count). The summed E-state index contributed by atoms with van der Waals surface area (Å²) >= 11 is 0.